The lowest BCUT2D eigenvalue weighted by atomic mass is 10.2. The molecule has 0 aromatic heterocycles. The quantitative estimate of drug-likeness (QED) is 0.598. The molecule has 0 atom stereocenters. The van der Waals surface area contributed by atoms with Gasteiger partial charge in [-0.2, -0.15) is 0 Å². The van der Waals surface area contributed by atoms with Crippen LogP contribution in [-0.4, -0.2) is 51.2 Å². The summed E-state index contributed by atoms with van der Waals surface area (Å²) < 4.78 is 15.4. The molecule has 0 spiro atoms. The Balaban J connectivity index is 2.40. The van der Waals surface area contributed by atoms with E-state index in [0.29, 0.717) is 18.0 Å². The molecule has 0 fully saturated rings. The number of methoxy groups -OCH3 is 1. The maximum atomic E-state index is 11.7. The van der Waals surface area contributed by atoms with Crippen molar-refractivity contribution in [3.05, 3.63) is 29.8 Å². The number of allylic oxidation sites excluding steroid dienone is 1. The molecule has 0 aliphatic heterocycles. The van der Waals surface area contributed by atoms with E-state index in [4.69, 9.17) is 14.2 Å². The van der Waals surface area contributed by atoms with Crippen molar-refractivity contribution < 1.29 is 28.6 Å². The van der Waals surface area contributed by atoms with E-state index >= 15 is 0 Å². The first-order valence-electron chi connectivity index (χ1n) is 8.12. The van der Waals surface area contributed by atoms with Crippen molar-refractivity contribution >= 4 is 23.9 Å². The number of carbonyl (C=O) groups excluding carboxylic acids is 3. The first kappa shape index (κ1) is 21.0. The molecule has 142 valence electrons. The first-order chi connectivity index (χ1) is 12.5. The Morgan fingerprint density at radius 3 is 2.50 bits per heavy atom. The minimum Gasteiger partial charge on any atom is -0.493 e. The molecule has 0 heterocycles. The normalized spacial score (nSPS) is 10.3. The van der Waals surface area contributed by atoms with Crippen LogP contribution >= 0.6 is 0 Å². The van der Waals surface area contributed by atoms with Gasteiger partial charge in [0.1, 0.15) is 0 Å². The number of hydrogen-bond donors (Lipinski definition) is 2. The van der Waals surface area contributed by atoms with Crippen LogP contribution in [0.4, 0.5) is 0 Å². The molecule has 0 saturated heterocycles. The maximum absolute atomic E-state index is 11.7. The summed E-state index contributed by atoms with van der Waals surface area (Å²) in [6.07, 6.45) is 3.80. The molecule has 0 saturated carbocycles. The van der Waals surface area contributed by atoms with Gasteiger partial charge in [0.2, 0.25) is 5.91 Å². The standard InChI is InChI=1S/C18H24N2O6/c1-4-6-13-7-8-14(15(9-13)24-3)25-12-18(23)26-11-17(22)20-10-16(21)19-5-2/h4,6-9H,5,10-12H2,1-3H3,(H,19,21)(H,20,22)/b6-4+. The van der Waals surface area contributed by atoms with Gasteiger partial charge in [-0.3, -0.25) is 9.59 Å². The summed E-state index contributed by atoms with van der Waals surface area (Å²) in [4.78, 5) is 34.4. The molecule has 0 aliphatic carbocycles. The fraction of sp³-hybridized carbons (Fsp3) is 0.389. The molecule has 26 heavy (non-hydrogen) atoms. The second-order valence-electron chi connectivity index (χ2n) is 5.09. The van der Waals surface area contributed by atoms with Crippen LogP contribution in [0.3, 0.4) is 0 Å². The molecule has 1 rings (SSSR count). The number of hydrogen-bond acceptors (Lipinski definition) is 6. The van der Waals surface area contributed by atoms with Crippen LogP contribution in [-0.2, 0) is 19.1 Å². The minimum atomic E-state index is -0.710. The number of esters is 1. The van der Waals surface area contributed by atoms with E-state index in [1.807, 2.05) is 25.1 Å². The summed E-state index contributed by atoms with van der Waals surface area (Å²) in [6, 6.07) is 5.27. The molecule has 0 bridgehead atoms. The van der Waals surface area contributed by atoms with E-state index in [2.05, 4.69) is 10.6 Å². The van der Waals surface area contributed by atoms with E-state index < -0.39 is 18.5 Å². The molecule has 0 radical (unpaired) electrons. The summed E-state index contributed by atoms with van der Waals surface area (Å²) in [5, 5.41) is 4.87. The summed E-state index contributed by atoms with van der Waals surface area (Å²) in [5.41, 5.74) is 0.933. The van der Waals surface area contributed by atoms with Gasteiger partial charge in [-0.25, -0.2) is 4.79 Å². The number of rotatable bonds is 10. The fourth-order valence-corrected chi connectivity index (χ4v) is 1.91. The van der Waals surface area contributed by atoms with Gasteiger partial charge in [-0.1, -0.05) is 18.2 Å². The van der Waals surface area contributed by atoms with Gasteiger partial charge in [-0.15, -0.1) is 0 Å². The molecular weight excluding hydrogens is 340 g/mol. The Bertz CT molecular complexity index is 657. The van der Waals surface area contributed by atoms with Crippen molar-refractivity contribution in [2.75, 3.05) is 33.4 Å². The molecule has 0 aliphatic rings. The van der Waals surface area contributed by atoms with Gasteiger partial charge in [0, 0.05) is 6.54 Å². The number of carbonyl (C=O) groups is 3. The highest BCUT2D eigenvalue weighted by Gasteiger charge is 2.11. The number of likely N-dealkylation sites (N-methyl/N-ethyl adjacent to an activating group) is 1. The van der Waals surface area contributed by atoms with E-state index in [1.165, 1.54) is 7.11 Å². The highest BCUT2D eigenvalue weighted by atomic mass is 16.6. The Kier molecular flexibility index (Phi) is 9.30. The van der Waals surface area contributed by atoms with Crippen LogP contribution in [0, 0.1) is 0 Å². The van der Waals surface area contributed by atoms with Gasteiger partial charge in [0.05, 0.1) is 13.7 Å². The predicted octanol–water partition coefficient (Wildman–Crippen LogP) is 0.903. The van der Waals surface area contributed by atoms with Gasteiger partial charge >= 0.3 is 5.97 Å². The van der Waals surface area contributed by atoms with Gasteiger partial charge in [0.25, 0.3) is 5.91 Å². The smallest absolute Gasteiger partial charge is 0.344 e. The number of ether oxygens (including phenoxy) is 3. The Morgan fingerprint density at radius 2 is 1.85 bits per heavy atom. The lowest BCUT2D eigenvalue weighted by Crippen LogP contribution is -2.38. The largest absolute Gasteiger partial charge is 0.493 e. The Hall–Kier alpha value is -3.03. The third-order valence-electron chi connectivity index (χ3n) is 3.08. The third kappa shape index (κ3) is 7.69. The lowest BCUT2D eigenvalue weighted by molar-refractivity contribution is -0.150. The van der Waals surface area contributed by atoms with Crippen LogP contribution in [0.5, 0.6) is 11.5 Å². The monoisotopic (exact) mass is 364 g/mol. The van der Waals surface area contributed by atoms with Crippen molar-refractivity contribution in [3.8, 4) is 11.5 Å². The molecule has 0 unspecified atom stereocenters. The second-order valence-corrected chi connectivity index (χ2v) is 5.09. The first-order valence-corrected chi connectivity index (χ1v) is 8.12. The highest BCUT2D eigenvalue weighted by Crippen LogP contribution is 2.28. The zero-order valence-corrected chi connectivity index (χ0v) is 15.2. The van der Waals surface area contributed by atoms with Crippen LogP contribution in [0.15, 0.2) is 24.3 Å². The molecular formula is C18H24N2O6. The zero-order valence-electron chi connectivity index (χ0n) is 15.2. The number of benzene rings is 1. The van der Waals surface area contributed by atoms with E-state index in [1.54, 1.807) is 19.1 Å². The molecule has 2 amide bonds. The van der Waals surface area contributed by atoms with E-state index in [-0.39, 0.29) is 19.1 Å². The summed E-state index contributed by atoms with van der Waals surface area (Å²) >= 11 is 0. The number of amides is 2. The average Bonchev–Trinajstić information content (AvgIpc) is 2.64. The Labute approximate surface area is 152 Å². The van der Waals surface area contributed by atoms with Crippen LogP contribution in [0.2, 0.25) is 0 Å². The van der Waals surface area contributed by atoms with E-state index in [0.717, 1.165) is 5.56 Å². The molecule has 1 aromatic carbocycles. The van der Waals surface area contributed by atoms with Crippen molar-refractivity contribution in [1.82, 2.24) is 10.6 Å². The van der Waals surface area contributed by atoms with Gasteiger partial charge < -0.3 is 24.8 Å². The highest BCUT2D eigenvalue weighted by molar-refractivity contribution is 5.86. The van der Waals surface area contributed by atoms with Crippen LogP contribution in [0.25, 0.3) is 6.08 Å². The maximum Gasteiger partial charge on any atom is 0.344 e. The topological polar surface area (TPSA) is 103 Å². The van der Waals surface area contributed by atoms with Crippen molar-refractivity contribution in [2.24, 2.45) is 0 Å². The fourth-order valence-electron chi connectivity index (χ4n) is 1.91. The average molecular weight is 364 g/mol. The second kappa shape index (κ2) is 11.5. The third-order valence-corrected chi connectivity index (χ3v) is 3.08. The lowest BCUT2D eigenvalue weighted by Gasteiger charge is -2.11. The van der Waals surface area contributed by atoms with Gasteiger partial charge in [0.15, 0.2) is 24.7 Å². The van der Waals surface area contributed by atoms with Crippen LogP contribution in [0.1, 0.15) is 19.4 Å². The molecule has 8 nitrogen and oxygen atoms in total. The Morgan fingerprint density at radius 1 is 1.08 bits per heavy atom. The summed E-state index contributed by atoms with van der Waals surface area (Å²) in [6.45, 7) is 3.11. The van der Waals surface area contributed by atoms with E-state index in [9.17, 15) is 14.4 Å². The van der Waals surface area contributed by atoms with Crippen LogP contribution < -0.4 is 20.1 Å². The summed E-state index contributed by atoms with van der Waals surface area (Å²) in [7, 11) is 1.50. The molecule has 2 N–H and O–H groups in total. The zero-order chi connectivity index (χ0) is 19.4. The van der Waals surface area contributed by atoms with Gasteiger partial charge in [-0.05, 0) is 31.5 Å². The van der Waals surface area contributed by atoms with Crippen molar-refractivity contribution in [2.45, 2.75) is 13.8 Å². The SMILES string of the molecule is C/C=C/c1ccc(OCC(=O)OCC(=O)NCC(=O)NCC)c(OC)c1. The minimum absolute atomic E-state index is 0.170. The molecule has 1 aromatic rings. The van der Waals surface area contributed by atoms with Crippen molar-refractivity contribution in [3.63, 3.8) is 0 Å². The number of nitrogens with one attached hydrogen (secondary N) is 2. The molecule has 8 heteroatoms. The van der Waals surface area contributed by atoms with Crippen molar-refractivity contribution in [1.29, 1.82) is 0 Å². The summed E-state index contributed by atoms with van der Waals surface area (Å²) in [5.74, 6) is -0.730. The predicted molar refractivity (Wildman–Crippen MR) is 95.8 cm³/mol.